The molecule has 0 aromatic heterocycles. The molecule has 1 heterocycles. The van der Waals surface area contributed by atoms with Gasteiger partial charge in [0.2, 0.25) is 17.7 Å². The van der Waals surface area contributed by atoms with Crippen molar-refractivity contribution in [1.29, 1.82) is 0 Å². The van der Waals surface area contributed by atoms with Gasteiger partial charge in [0.1, 0.15) is 17.7 Å². The van der Waals surface area contributed by atoms with Crippen LogP contribution in [0.5, 0.6) is 0 Å². The minimum absolute atomic E-state index is 0.0886. The predicted octanol–water partition coefficient (Wildman–Crippen LogP) is 4.18. The second-order valence-electron chi connectivity index (χ2n) is 12.3. The first-order valence-electron chi connectivity index (χ1n) is 14.1. The lowest BCUT2D eigenvalue weighted by Gasteiger charge is -2.35. The Bertz CT molecular complexity index is 965. The number of piperidine rings is 1. The van der Waals surface area contributed by atoms with Crippen molar-refractivity contribution in [3.05, 3.63) is 35.9 Å². The number of carbonyl (C=O) groups is 4. The third-order valence-electron chi connectivity index (χ3n) is 6.78. The zero-order chi connectivity index (χ0) is 29.3. The number of likely N-dealkylation sites (tertiary alicyclic amines) is 1. The highest BCUT2D eigenvalue weighted by molar-refractivity contribution is 5.89. The summed E-state index contributed by atoms with van der Waals surface area (Å²) >= 11 is 0. The Kier molecular flexibility index (Phi) is 11.8. The first-order chi connectivity index (χ1) is 18.2. The summed E-state index contributed by atoms with van der Waals surface area (Å²) in [5.74, 6) is -0.740. The lowest BCUT2D eigenvalue weighted by atomic mass is 9.93. The highest BCUT2D eigenvalue weighted by Gasteiger charge is 2.34. The third kappa shape index (κ3) is 10.5. The summed E-state index contributed by atoms with van der Waals surface area (Å²) in [5, 5.41) is 8.71. The maximum Gasteiger partial charge on any atom is 0.408 e. The summed E-state index contributed by atoms with van der Waals surface area (Å²) in [5.41, 5.74) is 0.333. The molecule has 3 N–H and O–H groups in total. The quantitative estimate of drug-likeness (QED) is 0.409. The zero-order valence-corrected chi connectivity index (χ0v) is 24.9. The predicted molar refractivity (Wildman–Crippen MR) is 152 cm³/mol. The molecule has 1 fully saturated rings. The fourth-order valence-electron chi connectivity index (χ4n) is 4.66. The molecule has 1 aromatic carbocycles. The number of nitrogens with zero attached hydrogens (tertiary/aromatic N) is 1. The summed E-state index contributed by atoms with van der Waals surface area (Å²) in [7, 11) is 0. The number of rotatable bonds is 10. The molecule has 2 rings (SSSR count). The van der Waals surface area contributed by atoms with Crippen molar-refractivity contribution in [1.82, 2.24) is 20.9 Å². The molecule has 39 heavy (non-hydrogen) atoms. The van der Waals surface area contributed by atoms with Gasteiger partial charge in [0.05, 0.1) is 6.04 Å². The topological polar surface area (TPSA) is 117 Å². The van der Waals surface area contributed by atoms with Gasteiger partial charge in [0.15, 0.2) is 0 Å². The van der Waals surface area contributed by atoms with Gasteiger partial charge in [-0.15, -0.1) is 0 Å². The fraction of sp³-hybridized carbons (Fsp3) is 0.667. The van der Waals surface area contributed by atoms with Gasteiger partial charge in [0, 0.05) is 19.0 Å². The SMILES string of the molecule is CC(C)CC(NC(=O)OC(C)(C)C)C(=O)N1CCC(C(=O)NC(C(=O)NC(C)c2ccccc2)C(C)C)CC1. The van der Waals surface area contributed by atoms with Crippen LogP contribution in [0.25, 0.3) is 0 Å². The minimum atomic E-state index is -0.689. The minimum Gasteiger partial charge on any atom is -0.444 e. The van der Waals surface area contributed by atoms with E-state index in [2.05, 4.69) is 16.0 Å². The molecule has 1 aromatic rings. The van der Waals surface area contributed by atoms with Crippen LogP contribution in [0.3, 0.4) is 0 Å². The number of amides is 4. The van der Waals surface area contributed by atoms with Gasteiger partial charge in [-0.25, -0.2) is 4.79 Å². The van der Waals surface area contributed by atoms with Gasteiger partial charge < -0.3 is 25.6 Å². The van der Waals surface area contributed by atoms with E-state index in [1.807, 2.05) is 65.0 Å². The Hall–Kier alpha value is -3.10. The van der Waals surface area contributed by atoms with Crippen LogP contribution in [0.1, 0.15) is 86.3 Å². The van der Waals surface area contributed by atoms with Crippen LogP contribution in [-0.2, 0) is 19.1 Å². The van der Waals surface area contributed by atoms with Crippen molar-refractivity contribution in [2.24, 2.45) is 17.8 Å². The molecule has 1 aliphatic rings. The van der Waals surface area contributed by atoms with Crippen molar-refractivity contribution >= 4 is 23.8 Å². The molecule has 3 atom stereocenters. The van der Waals surface area contributed by atoms with Crippen LogP contribution in [0.4, 0.5) is 4.79 Å². The van der Waals surface area contributed by atoms with E-state index < -0.39 is 23.8 Å². The summed E-state index contributed by atoms with van der Waals surface area (Å²) in [6, 6.07) is 8.16. The van der Waals surface area contributed by atoms with Gasteiger partial charge in [-0.1, -0.05) is 58.0 Å². The number of carbonyl (C=O) groups excluding carboxylic acids is 4. The average molecular weight is 545 g/mol. The molecule has 0 spiro atoms. The molecule has 9 nitrogen and oxygen atoms in total. The molecule has 9 heteroatoms. The second-order valence-corrected chi connectivity index (χ2v) is 12.3. The molecule has 0 radical (unpaired) electrons. The van der Waals surface area contributed by atoms with Gasteiger partial charge in [-0.05, 0) is 64.4 Å². The van der Waals surface area contributed by atoms with Gasteiger partial charge in [0.25, 0.3) is 0 Å². The lowest BCUT2D eigenvalue weighted by molar-refractivity contribution is -0.138. The van der Waals surface area contributed by atoms with E-state index in [1.165, 1.54) is 0 Å². The molecule has 0 saturated carbocycles. The molecule has 1 saturated heterocycles. The Balaban J connectivity index is 1.95. The van der Waals surface area contributed by atoms with Gasteiger partial charge in [-0.3, -0.25) is 14.4 Å². The monoisotopic (exact) mass is 544 g/mol. The van der Waals surface area contributed by atoms with E-state index in [9.17, 15) is 19.2 Å². The Morgan fingerprint density at radius 2 is 1.51 bits per heavy atom. The van der Waals surface area contributed by atoms with Crippen molar-refractivity contribution in [2.45, 2.75) is 98.4 Å². The van der Waals surface area contributed by atoms with Crippen LogP contribution in [0.2, 0.25) is 0 Å². The number of ether oxygens (including phenoxy) is 1. The highest BCUT2D eigenvalue weighted by Crippen LogP contribution is 2.21. The van der Waals surface area contributed by atoms with Crippen LogP contribution in [-0.4, -0.2) is 59.5 Å². The highest BCUT2D eigenvalue weighted by atomic mass is 16.6. The van der Waals surface area contributed by atoms with E-state index in [0.29, 0.717) is 32.4 Å². The average Bonchev–Trinajstić information content (AvgIpc) is 2.85. The van der Waals surface area contributed by atoms with Crippen LogP contribution in [0, 0.1) is 17.8 Å². The Morgan fingerprint density at radius 3 is 2.03 bits per heavy atom. The Morgan fingerprint density at radius 1 is 0.923 bits per heavy atom. The van der Waals surface area contributed by atoms with E-state index in [-0.39, 0.29) is 41.5 Å². The summed E-state index contributed by atoms with van der Waals surface area (Å²) in [4.78, 5) is 53.5. The smallest absolute Gasteiger partial charge is 0.408 e. The normalized spacial score (nSPS) is 16.8. The molecule has 218 valence electrons. The maximum atomic E-state index is 13.3. The van der Waals surface area contributed by atoms with E-state index in [0.717, 1.165) is 5.56 Å². The van der Waals surface area contributed by atoms with Crippen LogP contribution in [0.15, 0.2) is 30.3 Å². The first kappa shape index (κ1) is 32.1. The molecular weight excluding hydrogens is 496 g/mol. The molecule has 0 bridgehead atoms. The Labute approximate surface area is 233 Å². The molecule has 0 aliphatic carbocycles. The van der Waals surface area contributed by atoms with Crippen molar-refractivity contribution in [3.8, 4) is 0 Å². The van der Waals surface area contributed by atoms with E-state index in [1.54, 1.807) is 25.7 Å². The van der Waals surface area contributed by atoms with Gasteiger partial charge in [-0.2, -0.15) is 0 Å². The van der Waals surface area contributed by atoms with Crippen molar-refractivity contribution in [2.75, 3.05) is 13.1 Å². The molecular formula is C30H48N4O5. The number of benzene rings is 1. The standard InChI is InChI=1S/C30H48N4O5/c1-19(2)18-24(32-29(38)39-30(6,7)8)28(37)34-16-14-23(15-17-34)26(35)33-25(20(3)4)27(36)31-21(5)22-12-10-9-11-13-22/h9-13,19-21,23-25H,14-18H2,1-8H3,(H,31,36)(H,32,38)(H,33,35). The first-order valence-corrected chi connectivity index (χ1v) is 14.1. The van der Waals surface area contributed by atoms with Gasteiger partial charge >= 0.3 is 6.09 Å². The number of nitrogens with one attached hydrogen (secondary N) is 3. The maximum absolute atomic E-state index is 13.3. The van der Waals surface area contributed by atoms with Crippen molar-refractivity contribution in [3.63, 3.8) is 0 Å². The second kappa shape index (κ2) is 14.3. The fourth-order valence-corrected chi connectivity index (χ4v) is 4.66. The van der Waals surface area contributed by atoms with E-state index in [4.69, 9.17) is 4.74 Å². The third-order valence-corrected chi connectivity index (χ3v) is 6.78. The lowest BCUT2D eigenvalue weighted by Crippen LogP contribution is -2.54. The van der Waals surface area contributed by atoms with E-state index >= 15 is 0 Å². The summed E-state index contributed by atoms with van der Waals surface area (Å²) in [6.07, 6.45) is 0.858. The molecule has 1 aliphatic heterocycles. The van der Waals surface area contributed by atoms with Crippen LogP contribution >= 0.6 is 0 Å². The van der Waals surface area contributed by atoms with Crippen molar-refractivity contribution < 1.29 is 23.9 Å². The van der Waals surface area contributed by atoms with Crippen LogP contribution < -0.4 is 16.0 Å². The summed E-state index contributed by atoms with van der Waals surface area (Å²) in [6.45, 7) is 15.9. The molecule has 4 amide bonds. The number of hydrogen-bond acceptors (Lipinski definition) is 5. The largest absolute Gasteiger partial charge is 0.444 e. The number of hydrogen-bond donors (Lipinski definition) is 3. The zero-order valence-electron chi connectivity index (χ0n) is 24.9. The molecule has 3 unspecified atom stereocenters. The summed E-state index contributed by atoms with van der Waals surface area (Å²) < 4.78 is 5.35. The number of alkyl carbamates (subject to hydrolysis) is 1.